The minimum atomic E-state index is -4.69. The molecule has 11 heteroatoms. The van der Waals surface area contributed by atoms with Crippen molar-refractivity contribution < 1.29 is 30.5 Å². The van der Waals surface area contributed by atoms with Gasteiger partial charge in [-0.15, -0.1) is 0 Å². The van der Waals surface area contributed by atoms with Gasteiger partial charge in [0.1, 0.15) is 11.5 Å². The number of aryl methyl sites for hydroxylation is 1. The minimum absolute atomic E-state index is 0.0364. The Bertz CT molecular complexity index is 1230. The maximum atomic E-state index is 13.4. The molecule has 0 unspecified atom stereocenters. The standard InChI is InChI=1S/C22H21F4N3O3S/c1-2-15-3-4-16(19-14-21(32-27-19)22(24,25)26)13-20(15)33(30,31)29-11-9-28(10-12-29)18-7-5-17(23)6-8-18/h3-8,13-14H,2,9-12H2,1H3. The van der Waals surface area contributed by atoms with Crippen molar-refractivity contribution in [3.8, 4) is 11.3 Å². The molecule has 4 rings (SSSR count). The van der Waals surface area contributed by atoms with E-state index >= 15 is 0 Å². The molecular weight excluding hydrogens is 462 g/mol. The number of hydrogen-bond acceptors (Lipinski definition) is 5. The van der Waals surface area contributed by atoms with Gasteiger partial charge in [0, 0.05) is 43.5 Å². The molecule has 0 saturated carbocycles. The lowest BCUT2D eigenvalue weighted by Crippen LogP contribution is -2.48. The van der Waals surface area contributed by atoms with Crippen LogP contribution in [0.4, 0.5) is 23.2 Å². The predicted molar refractivity (Wildman–Crippen MR) is 114 cm³/mol. The molecule has 3 aromatic rings. The van der Waals surface area contributed by atoms with Crippen LogP contribution in [0.15, 0.2) is 57.9 Å². The quantitative estimate of drug-likeness (QED) is 0.498. The molecule has 0 bridgehead atoms. The number of benzene rings is 2. The Kier molecular flexibility index (Phi) is 6.19. The van der Waals surface area contributed by atoms with E-state index in [1.165, 1.54) is 28.6 Å². The van der Waals surface area contributed by atoms with E-state index < -0.39 is 22.0 Å². The third-order valence-electron chi connectivity index (χ3n) is 5.58. The molecule has 176 valence electrons. The van der Waals surface area contributed by atoms with Crippen molar-refractivity contribution in [1.29, 1.82) is 0 Å². The fourth-order valence-corrected chi connectivity index (χ4v) is 5.51. The Labute approximate surface area is 188 Å². The number of halogens is 4. The Morgan fingerprint density at radius 2 is 1.67 bits per heavy atom. The summed E-state index contributed by atoms with van der Waals surface area (Å²) in [6, 6.07) is 11.2. The number of sulfonamides is 1. The predicted octanol–water partition coefficient (Wildman–Crippen LogP) is 4.57. The Balaban J connectivity index is 1.59. The third kappa shape index (κ3) is 4.74. The molecule has 1 saturated heterocycles. The first-order valence-electron chi connectivity index (χ1n) is 10.3. The van der Waals surface area contributed by atoms with Crippen LogP contribution in [-0.4, -0.2) is 44.1 Å². The molecule has 2 heterocycles. The van der Waals surface area contributed by atoms with Crippen molar-refractivity contribution in [3.05, 3.63) is 65.7 Å². The van der Waals surface area contributed by atoms with Crippen molar-refractivity contribution in [3.63, 3.8) is 0 Å². The van der Waals surface area contributed by atoms with E-state index in [-0.39, 0.29) is 35.1 Å². The number of alkyl halides is 3. The van der Waals surface area contributed by atoms with Gasteiger partial charge >= 0.3 is 6.18 Å². The molecule has 2 aromatic carbocycles. The monoisotopic (exact) mass is 483 g/mol. The second kappa shape index (κ2) is 8.79. The minimum Gasteiger partial charge on any atom is -0.369 e. The first-order chi connectivity index (χ1) is 15.6. The molecule has 1 aliphatic rings. The molecule has 1 aliphatic heterocycles. The molecule has 0 radical (unpaired) electrons. The van der Waals surface area contributed by atoms with Crippen LogP contribution in [0.1, 0.15) is 18.2 Å². The number of hydrogen-bond donors (Lipinski definition) is 0. The van der Waals surface area contributed by atoms with Gasteiger partial charge in [0.25, 0.3) is 0 Å². The molecule has 1 fully saturated rings. The van der Waals surface area contributed by atoms with Crippen molar-refractivity contribution >= 4 is 15.7 Å². The van der Waals surface area contributed by atoms with Crippen molar-refractivity contribution in [2.45, 2.75) is 24.4 Å². The smallest absolute Gasteiger partial charge is 0.369 e. The Hall–Kier alpha value is -2.92. The summed E-state index contributed by atoms with van der Waals surface area (Å²) in [5.74, 6) is -1.60. The first-order valence-corrected chi connectivity index (χ1v) is 11.7. The maximum Gasteiger partial charge on any atom is 0.452 e. The van der Waals surface area contributed by atoms with Gasteiger partial charge < -0.3 is 9.42 Å². The van der Waals surface area contributed by atoms with E-state index in [0.717, 1.165) is 11.8 Å². The van der Waals surface area contributed by atoms with Crippen LogP contribution in [0, 0.1) is 5.82 Å². The van der Waals surface area contributed by atoms with Gasteiger partial charge in [-0.2, -0.15) is 17.5 Å². The van der Waals surface area contributed by atoms with E-state index in [1.807, 2.05) is 4.90 Å². The van der Waals surface area contributed by atoms with E-state index in [4.69, 9.17) is 0 Å². The SMILES string of the molecule is CCc1ccc(-c2cc(C(F)(F)F)on2)cc1S(=O)(=O)N1CCN(c2ccc(F)cc2)CC1. The molecule has 0 aliphatic carbocycles. The highest BCUT2D eigenvalue weighted by Gasteiger charge is 2.36. The number of rotatable bonds is 5. The zero-order valence-electron chi connectivity index (χ0n) is 17.6. The third-order valence-corrected chi connectivity index (χ3v) is 7.56. The number of aromatic nitrogens is 1. The molecule has 6 nitrogen and oxygen atoms in total. The average Bonchev–Trinajstić information content (AvgIpc) is 3.30. The molecule has 33 heavy (non-hydrogen) atoms. The summed E-state index contributed by atoms with van der Waals surface area (Å²) in [7, 11) is -3.90. The highest BCUT2D eigenvalue weighted by atomic mass is 32.2. The number of piperazine rings is 1. The highest BCUT2D eigenvalue weighted by molar-refractivity contribution is 7.89. The van der Waals surface area contributed by atoms with Crippen molar-refractivity contribution in [2.24, 2.45) is 0 Å². The Morgan fingerprint density at radius 3 is 2.24 bits per heavy atom. The van der Waals surface area contributed by atoms with E-state index in [2.05, 4.69) is 9.68 Å². The molecule has 0 spiro atoms. The summed E-state index contributed by atoms with van der Waals surface area (Å²) < 4.78 is 84.4. The molecule has 0 N–H and O–H groups in total. The van der Waals surface area contributed by atoms with Crippen LogP contribution >= 0.6 is 0 Å². The van der Waals surface area contributed by atoms with Crippen LogP contribution in [0.3, 0.4) is 0 Å². The fourth-order valence-electron chi connectivity index (χ4n) is 3.77. The largest absolute Gasteiger partial charge is 0.452 e. The molecule has 0 amide bonds. The first kappa shape index (κ1) is 23.2. The van der Waals surface area contributed by atoms with Gasteiger partial charge in [-0.3, -0.25) is 0 Å². The number of anilines is 1. The van der Waals surface area contributed by atoms with E-state index in [0.29, 0.717) is 25.1 Å². The lowest BCUT2D eigenvalue weighted by atomic mass is 10.1. The molecular formula is C22H21F4N3O3S. The van der Waals surface area contributed by atoms with Gasteiger partial charge in [-0.25, -0.2) is 12.8 Å². The van der Waals surface area contributed by atoms with Gasteiger partial charge in [-0.1, -0.05) is 24.2 Å². The Morgan fingerprint density at radius 1 is 1.00 bits per heavy atom. The highest BCUT2D eigenvalue weighted by Crippen LogP contribution is 2.34. The second-order valence-electron chi connectivity index (χ2n) is 7.62. The fraction of sp³-hybridized carbons (Fsp3) is 0.318. The summed E-state index contributed by atoms with van der Waals surface area (Å²) in [5, 5.41) is 3.46. The van der Waals surface area contributed by atoms with Crippen LogP contribution in [0.2, 0.25) is 0 Å². The van der Waals surface area contributed by atoms with Crippen LogP contribution in [0.25, 0.3) is 11.3 Å². The topological polar surface area (TPSA) is 66.7 Å². The van der Waals surface area contributed by atoms with Gasteiger partial charge in [0.15, 0.2) is 0 Å². The van der Waals surface area contributed by atoms with Gasteiger partial charge in [0.2, 0.25) is 15.8 Å². The zero-order valence-corrected chi connectivity index (χ0v) is 18.5. The summed E-state index contributed by atoms with van der Waals surface area (Å²) in [6.45, 7) is 3.08. The number of nitrogens with zero attached hydrogens (tertiary/aromatic N) is 3. The zero-order chi connectivity index (χ0) is 23.8. The van der Waals surface area contributed by atoms with Crippen LogP contribution < -0.4 is 4.90 Å². The normalized spacial score (nSPS) is 15.7. The summed E-state index contributed by atoms with van der Waals surface area (Å²) >= 11 is 0. The van der Waals surface area contributed by atoms with Crippen molar-refractivity contribution in [2.75, 3.05) is 31.1 Å². The molecule has 0 atom stereocenters. The summed E-state index contributed by atoms with van der Waals surface area (Å²) in [5.41, 5.74) is 1.48. The second-order valence-corrected chi connectivity index (χ2v) is 9.52. The van der Waals surface area contributed by atoms with Crippen LogP contribution in [-0.2, 0) is 22.6 Å². The van der Waals surface area contributed by atoms with E-state index in [1.54, 1.807) is 25.1 Å². The maximum absolute atomic E-state index is 13.4. The van der Waals surface area contributed by atoms with Gasteiger partial charge in [0.05, 0.1) is 4.90 Å². The summed E-state index contributed by atoms with van der Waals surface area (Å²) in [4.78, 5) is 2.01. The lowest BCUT2D eigenvalue weighted by molar-refractivity contribution is -0.155. The van der Waals surface area contributed by atoms with Crippen molar-refractivity contribution in [1.82, 2.24) is 9.46 Å². The average molecular weight is 483 g/mol. The van der Waals surface area contributed by atoms with Crippen LogP contribution in [0.5, 0.6) is 0 Å². The lowest BCUT2D eigenvalue weighted by Gasteiger charge is -2.35. The van der Waals surface area contributed by atoms with Gasteiger partial charge in [-0.05, 0) is 42.3 Å². The van der Waals surface area contributed by atoms with E-state index in [9.17, 15) is 26.0 Å². The summed E-state index contributed by atoms with van der Waals surface area (Å²) in [6.07, 6.45) is -4.26. The molecule has 1 aromatic heterocycles.